The highest BCUT2D eigenvalue weighted by Crippen LogP contribution is 2.37. The van der Waals surface area contributed by atoms with Crippen LogP contribution in [0.5, 0.6) is 0 Å². The molecule has 2 aliphatic heterocycles. The maximum atomic E-state index is 11.7. The van der Waals surface area contributed by atoms with E-state index in [2.05, 4.69) is 4.90 Å². The topological polar surface area (TPSA) is 23.5 Å². The zero-order valence-corrected chi connectivity index (χ0v) is 17.3. The van der Waals surface area contributed by atoms with Crippen LogP contribution in [0.2, 0.25) is 5.02 Å². The van der Waals surface area contributed by atoms with Crippen LogP contribution in [0.15, 0.2) is 54.6 Å². The van der Waals surface area contributed by atoms with Gasteiger partial charge in [-0.25, -0.2) is 0 Å². The standard InChI is InChI=1S/C23H28ClNO.ClH/c24-22-12-10-21(11-13-22)23(26,20-4-2-1-3-5-20)14-15-25-16-18-6-7-19(17-25)9-8-18;/h1-5,10-13,18-19,26H,6-9,14-17H2;1H. The average Bonchev–Trinajstić information content (AvgIpc) is 3.00. The number of halogens is 2. The molecule has 0 spiro atoms. The first-order valence-electron chi connectivity index (χ1n) is 9.90. The lowest BCUT2D eigenvalue weighted by Gasteiger charge is -2.33. The lowest BCUT2D eigenvalue weighted by atomic mass is 9.83. The number of nitrogens with zero attached hydrogens (tertiary/aromatic N) is 1. The van der Waals surface area contributed by atoms with Gasteiger partial charge in [-0.2, -0.15) is 0 Å². The molecule has 5 rings (SSSR count). The molecule has 2 aromatic carbocycles. The van der Waals surface area contributed by atoms with Gasteiger partial charge in [0.1, 0.15) is 5.60 Å². The van der Waals surface area contributed by atoms with Crippen molar-refractivity contribution >= 4 is 24.0 Å². The summed E-state index contributed by atoms with van der Waals surface area (Å²) in [4.78, 5) is 2.60. The fraction of sp³-hybridized carbons (Fsp3) is 0.478. The van der Waals surface area contributed by atoms with Crippen LogP contribution in [-0.2, 0) is 5.60 Å². The third kappa shape index (κ3) is 4.68. The largest absolute Gasteiger partial charge is 0.380 e. The van der Waals surface area contributed by atoms with E-state index in [1.54, 1.807) is 0 Å². The maximum Gasteiger partial charge on any atom is 0.116 e. The van der Waals surface area contributed by atoms with Crippen LogP contribution in [0, 0.1) is 11.8 Å². The highest BCUT2D eigenvalue weighted by atomic mass is 35.5. The van der Waals surface area contributed by atoms with Crippen molar-refractivity contribution in [2.24, 2.45) is 11.8 Å². The Morgan fingerprint density at radius 3 is 1.93 bits per heavy atom. The molecule has 1 N–H and O–H groups in total. The third-order valence-electron chi connectivity index (χ3n) is 6.36. The highest BCUT2D eigenvalue weighted by Gasteiger charge is 2.34. The Morgan fingerprint density at radius 2 is 1.37 bits per heavy atom. The Bertz CT molecular complexity index is 699. The number of fused-ring (bicyclic) bond motifs is 4. The molecule has 1 aliphatic carbocycles. The zero-order valence-electron chi connectivity index (χ0n) is 15.7. The first-order valence-corrected chi connectivity index (χ1v) is 10.3. The van der Waals surface area contributed by atoms with Crippen LogP contribution >= 0.6 is 24.0 Å². The van der Waals surface area contributed by atoms with Crippen molar-refractivity contribution < 1.29 is 5.11 Å². The van der Waals surface area contributed by atoms with Gasteiger partial charge in [0, 0.05) is 24.7 Å². The van der Waals surface area contributed by atoms with Crippen LogP contribution in [0.3, 0.4) is 0 Å². The first kappa shape index (κ1) is 20.7. The van der Waals surface area contributed by atoms with Crippen molar-refractivity contribution in [1.82, 2.24) is 4.90 Å². The number of benzene rings is 2. The predicted octanol–water partition coefficient (Wildman–Crippen LogP) is 5.51. The van der Waals surface area contributed by atoms with E-state index in [0.29, 0.717) is 11.4 Å². The minimum Gasteiger partial charge on any atom is -0.380 e. The molecule has 0 radical (unpaired) electrons. The second-order valence-corrected chi connectivity index (χ2v) is 8.57. The Kier molecular flexibility index (Phi) is 6.86. The quantitative estimate of drug-likeness (QED) is 0.708. The summed E-state index contributed by atoms with van der Waals surface area (Å²) < 4.78 is 0. The Hall–Kier alpha value is -1.06. The number of hydrogen-bond acceptors (Lipinski definition) is 2. The van der Waals surface area contributed by atoms with E-state index < -0.39 is 5.60 Å². The molecule has 0 amide bonds. The molecule has 2 aromatic rings. The molecule has 1 saturated carbocycles. The molecule has 0 aromatic heterocycles. The molecule has 2 heterocycles. The van der Waals surface area contributed by atoms with Crippen molar-refractivity contribution in [2.75, 3.05) is 19.6 Å². The molecule has 2 nitrogen and oxygen atoms in total. The van der Waals surface area contributed by atoms with E-state index >= 15 is 0 Å². The van der Waals surface area contributed by atoms with Crippen LogP contribution in [-0.4, -0.2) is 29.6 Å². The minimum atomic E-state index is -0.975. The van der Waals surface area contributed by atoms with Crippen LogP contribution in [0.4, 0.5) is 0 Å². The fourth-order valence-electron chi connectivity index (χ4n) is 4.80. The number of hydrogen-bond donors (Lipinski definition) is 1. The molecule has 3 aliphatic rings. The van der Waals surface area contributed by atoms with E-state index in [-0.39, 0.29) is 12.4 Å². The molecule has 146 valence electrons. The third-order valence-corrected chi connectivity index (χ3v) is 6.61. The summed E-state index contributed by atoms with van der Waals surface area (Å²) in [6.45, 7) is 3.32. The second-order valence-electron chi connectivity index (χ2n) is 8.13. The van der Waals surface area contributed by atoms with Crippen LogP contribution < -0.4 is 0 Å². The Morgan fingerprint density at radius 1 is 0.852 bits per heavy atom. The maximum absolute atomic E-state index is 11.7. The summed E-state index contributed by atoms with van der Waals surface area (Å²) in [6, 6.07) is 17.7. The second kappa shape index (κ2) is 8.96. The van der Waals surface area contributed by atoms with Crippen molar-refractivity contribution in [3.63, 3.8) is 0 Å². The average molecular weight is 406 g/mol. The van der Waals surface area contributed by atoms with Crippen LogP contribution in [0.1, 0.15) is 43.2 Å². The van der Waals surface area contributed by atoms with Gasteiger partial charge in [-0.1, -0.05) is 54.1 Å². The molecule has 1 atom stereocenters. The van der Waals surface area contributed by atoms with Gasteiger partial charge in [0.25, 0.3) is 0 Å². The van der Waals surface area contributed by atoms with Gasteiger partial charge in [-0.15, -0.1) is 12.4 Å². The molecule has 3 fully saturated rings. The molecule has 2 saturated heterocycles. The monoisotopic (exact) mass is 405 g/mol. The number of aliphatic hydroxyl groups is 1. The fourth-order valence-corrected chi connectivity index (χ4v) is 4.92. The van der Waals surface area contributed by atoms with Gasteiger partial charge in [0.05, 0.1) is 0 Å². The summed E-state index contributed by atoms with van der Waals surface area (Å²) in [5, 5.41) is 12.4. The van der Waals surface area contributed by atoms with Crippen molar-refractivity contribution in [2.45, 2.75) is 37.7 Å². The Labute approximate surface area is 174 Å². The van der Waals surface area contributed by atoms with E-state index in [1.165, 1.54) is 38.8 Å². The van der Waals surface area contributed by atoms with Crippen molar-refractivity contribution in [1.29, 1.82) is 0 Å². The van der Waals surface area contributed by atoms with E-state index in [1.807, 2.05) is 54.6 Å². The van der Waals surface area contributed by atoms with E-state index in [9.17, 15) is 5.11 Å². The molecular formula is C23H29Cl2NO. The SMILES string of the molecule is Cl.OC(CCN1CC2CCC(CC2)C1)(c1ccccc1)c1ccc(Cl)cc1. The van der Waals surface area contributed by atoms with Gasteiger partial charge in [0.2, 0.25) is 0 Å². The van der Waals surface area contributed by atoms with Gasteiger partial charge in [-0.3, -0.25) is 0 Å². The molecular weight excluding hydrogens is 377 g/mol. The van der Waals surface area contributed by atoms with Gasteiger partial charge >= 0.3 is 0 Å². The van der Waals surface area contributed by atoms with Gasteiger partial charge in [0.15, 0.2) is 0 Å². The zero-order chi connectivity index (χ0) is 18.0. The van der Waals surface area contributed by atoms with Crippen LogP contribution in [0.25, 0.3) is 0 Å². The number of rotatable bonds is 5. The van der Waals surface area contributed by atoms with Crippen molar-refractivity contribution in [3.8, 4) is 0 Å². The predicted molar refractivity (Wildman–Crippen MR) is 115 cm³/mol. The smallest absolute Gasteiger partial charge is 0.116 e. The lowest BCUT2D eigenvalue weighted by Crippen LogP contribution is -2.36. The summed E-state index contributed by atoms with van der Waals surface area (Å²) in [5.74, 6) is 1.71. The summed E-state index contributed by atoms with van der Waals surface area (Å²) in [5.41, 5.74) is 0.906. The van der Waals surface area contributed by atoms with Gasteiger partial charge in [-0.05, 0) is 67.2 Å². The summed E-state index contributed by atoms with van der Waals surface area (Å²) in [6.07, 6.45) is 6.27. The van der Waals surface area contributed by atoms with Crippen molar-refractivity contribution in [3.05, 3.63) is 70.7 Å². The highest BCUT2D eigenvalue weighted by molar-refractivity contribution is 6.30. The molecule has 1 unspecified atom stereocenters. The van der Waals surface area contributed by atoms with E-state index in [4.69, 9.17) is 11.6 Å². The molecule has 4 heteroatoms. The molecule has 2 bridgehead atoms. The van der Waals surface area contributed by atoms with Gasteiger partial charge < -0.3 is 10.0 Å². The minimum absolute atomic E-state index is 0. The normalized spacial score (nSPS) is 24.7. The molecule has 27 heavy (non-hydrogen) atoms. The van der Waals surface area contributed by atoms with E-state index in [0.717, 1.165) is 29.5 Å². The lowest BCUT2D eigenvalue weighted by molar-refractivity contribution is 0.0559. The first-order chi connectivity index (χ1) is 12.6. The summed E-state index contributed by atoms with van der Waals surface area (Å²) >= 11 is 6.07. The summed E-state index contributed by atoms with van der Waals surface area (Å²) in [7, 11) is 0. The Balaban J connectivity index is 0.00000210.